The molecule has 21 heavy (non-hydrogen) atoms. The summed E-state index contributed by atoms with van der Waals surface area (Å²) in [5, 5.41) is 0. The zero-order chi connectivity index (χ0) is 15.0. The summed E-state index contributed by atoms with van der Waals surface area (Å²) in [5.74, 6) is -0.101. The number of alkyl halides is 2. The second-order valence-electron chi connectivity index (χ2n) is 5.97. The number of carbonyl (C=O) groups excluding carboxylic acids is 1. The van der Waals surface area contributed by atoms with Crippen LogP contribution in [-0.4, -0.2) is 43.0 Å². The van der Waals surface area contributed by atoms with Crippen molar-refractivity contribution in [1.29, 1.82) is 0 Å². The van der Waals surface area contributed by atoms with Gasteiger partial charge in [0, 0.05) is 29.1 Å². The van der Waals surface area contributed by atoms with E-state index in [0.717, 1.165) is 12.8 Å². The number of halogens is 2. The van der Waals surface area contributed by atoms with Crippen molar-refractivity contribution >= 4 is 5.78 Å². The van der Waals surface area contributed by atoms with E-state index in [1.807, 2.05) is 0 Å². The molecule has 0 saturated carbocycles. The molecule has 2 unspecified atom stereocenters. The number of fused-ring (bicyclic) bond motifs is 2. The number of ketones is 1. The van der Waals surface area contributed by atoms with Crippen molar-refractivity contribution in [1.82, 2.24) is 4.90 Å². The topological polar surface area (TPSA) is 29.5 Å². The normalized spacial score (nSPS) is 29.6. The molecule has 114 valence electrons. The second-order valence-corrected chi connectivity index (χ2v) is 5.97. The summed E-state index contributed by atoms with van der Waals surface area (Å²) in [6.07, 6.45) is -1.06. The summed E-state index contributed by atoms with van der Waals surface area (Å²) in [4.78, 5) is 14.9. The van der Waals surface area contributed by atoms with Crippen LogP contribution in [0.4, 0.5) is 8.78 Å². The van der Waals surface area contributed by atoms with Gasteiger partial charge in [-0.05, 0) is 26.0 Å². The van der Waals surface area contributed by atoms with E-state index in [9.17, 15) is 13.6 Å². The van der Waals surface area contributed by atoms with E-state index in [4.69, 9.17) is 4.74 Å². The van der Waals surface area contributed by atoms with Crippen LogP contribution in [-0.2, 0) is 4.74 Å². The molecule has 0 amide bonds. The van der Waals surface area contributed by atoms with Gasteiger partial charge >= 0.3 is 0 Å². The molecule has 3 nitrogen and oxygen atoms in total. The van der Waals surface area contributed by atoms with Crippen LogP contribution in [0, 0.1) is 5.92 Å². The van der Waals surface area contributed by atoms with Crippen molar-refractivity contribution in [3.8, 4) is 0 Å². The van der Waals surface area contributed by atoms with E-state index >= 15 is 0 Å². The van der Waals surface area contributed by atoms with E-state index in [-0.39, 0.29) is 29.3 Å². The molecule has 3 rings (SSSR count). The van der Waals surface area contributed by atoms with Crippen LogP contribution in [0.2, 0.25) is 0 Å². The summed E-state index contributed by atoms with van der Waals surface area (Å²) in [6, 6.07) is 6.37. The Morgan fingerprint density at radius 3 is 2.57 bits per heavy atom. The quantitative estimate of drug-likeness (QED) is 0.803. The Kier molecular flexibility index (Phi) is 4.04. The Hall–Kier alpha value is -1.33. The van der Waals surface area contributed by atoms with Gasteiger partial charge < -0.3 is 4.74 Å². The Morgan fingerprint density at radius 2 is 1.95 bits per heavy atom. The molecule has 0 N–H and O–H groups in total. The van der Waals surface area contributed by atoms with Crippen LogP contribution < -0.4 is 0 Å². The van der Waals surface area contributed by atoms with Gasteiger partial charge in [-0.3, -0.25) is 9.69 Å². The standard InChI is InChI=1S/C16H19F2NO2/c1-19-13-6-12(7-14(19)9-21-8-13)15(20)10-3-2-4-11(5-10)16(17)18/h2-5,12-14,16H,6-9H2,1H3. The number of Topliss-reactive ketones (excluding diaryl/α,β-unsaturated/α-hetero) is 1. The van der Waals surface area contributed by atoms with Crippen LogP contribution in [0.1, 0.15) is 35.2 Å². The third-order valence-corrected chi connectivity index (χ3v) is 4.68. The molecule has 5 heteroatoms. The molecule has 0 spiro atoms. The second kappa shape index (κ2) is 5.81. The van der Waals surface area contributed by atoms with Crippen molar-refractivity contribution in [2.24, 2.45) is 5.92 Å². The molecule has 1 aromatic carbocycles. The highest BCUT2D eigenvalue weighted by Gasteiger charge is 2.39. The van der Waals surface area contributed by atoms with Gasteiger partial charge in [-0.25, -0.2) is 8.78 Å². The molecule has 2 bridgehead atoms. The maximum absolute atomic E-state index is 12.8. The molecular formula is C16H19F2NO2. The van der Waals surface area contributed by atoms with Crippen LogP contribution in [0.25, 0.3) is 0 Å². The number of hydrogen-bond acceptors (Lipinski definition) is 3. The van der Waals surface area contributed by atoms with Gasteiger partial charge in [-0.2, -0.15) is 0 Å². The lowest BCUT2D eigenvalue weighted by Crippen LogP contribution is -2.55. The van der Waals surface area contributed by atoms with Gasteiger partial charge in [0.15, 0.2) is 5.78 Å². The fraction of sp³-hybridized carbons (Fsp3) is 0.562. The fourth-order valence-electron chi connectivity index (χ4n) is 3.37. The molecular weight excluding hydrogens is 276 g/mol. The van der Waals surface area contributed by atoms with Crippen molar-refractivity contribution in [2.45, 2.75) is 31.4 Å². The molecule has 2 aliphatic heterocycles. The van der Waals surface area contributed by atoms with Gasteiger partial charge in [0.05, 0.1) is 13.2 Å². The SMILES string of the molecule is CN1C2COCC1CC(C(=O)c1cccc(C(F)F)c1)C2. The molecule has 2 fully saturated rings. The minimum Gasteiger partial charge on any atom is -0.378 e. The van der Waals surface area contributed by atoms with Crippen LogP contribution >= 0.6 is 0 Å². The van der Waals surface area contributed by atoms with Gasteiger partial charge in [0.1, 0.15) is 0 Å². The summed E-state index contributed by atoms with van der Waals surface area (Å²) >= 11 is 0. The molecule has 1 aromatic rings. The first-order valence-corrected chi connectivity index (χ1v) is 7.28. The van der Waals surface area contributed by atoms with Crippen molar-refractivity contribution in [3.05, 3.63) is 35.4 Å². The molecule has 2 aliphatic rings. The van der Waals surface area contributed by atoms with Crippen LogP contribution in [0.3, 0.4) is 0 Å². The van der Waals surface area contributed by atoms with Gasteiger partial charge in [-0.15, -0.1) is 0 Å². The van der Waals surface area contributed by atoms with Crippen molar-refractivity contribution < 1.29 is 18.3 Å². The zero-order valence-electron chi connectivity index (χ0n) is 12.0. The lowest BCUT2D eigenvalue weighted by Gasteiger charge is -2.46. The first-order valence-electron chi connectivity index (χ1n) is 7.28. The van der Waals surface area contributed by atoms with Crippen LogP contribution in [0.5, 0.6) is 0 Å². The summed E-state index contributed by atoms with van der Waals surface area (Å²) < 4.78 is 31.1. The smallest absolute Gasteiger partial charge is 0.263 e. The van der Waals surface area contributed by atoms with E-state index < -0.39 is 6.43 Å². The minimum atomic E-state index is -2.54. The average Bonchev–Trinajstić information content (AvgIpc) is 2.46. The maximum atomic E-state index is 12.8. The van der Waals surface area contributed by atoms with Crippen molar-refractivity contribution in [3.63, 3.8) is 0 Å². The maximum Gasteiger partial charge on any atom is 0.263 e. The lowest BCUT2D eigenvalue weighted by molar-refractivity contribution is -0.0702. The highest BCUT2D eigenvalue weighted by atomic mass is 19.3. The van der Waals surface area contributed by atoms with E-state index in [0.29, 0.717) is 18.8 Å². The summed E-state index contributed by atoms with van der Waals surface area (Å²) in [6.45, 7) is 1.29. The molecule has 2 heterocycles. The summed E-state index contributed by atoms with van der Waals surface area (Å²) in [5.41, 5.74) is 0.318. The van der Waals surface area contributed by atoms with Gasteiger partial charge in [-0.1, -0.05) is 18.2 Å². The number of piperidine rings is 1. The highest BCUT2D eigenvalue weighted by molar-refractivity contribution is 5.98. The van der Waals surface area contributed by atoms with E-state index in [2.05, 4.69) is 11.9 Å². The Balaban J connectivity index is 1.78. The third kappa shape index (κ3) is 2.85. The Morgan fingerprint density at radius 1 is 1.29 bits per heavy atom. The molecule has 0 aliphatic carbocycles. The number of carbonyl (C=O) groups is 1. The highest BCUT2D eigenvalue weighted by Crippen LogP contribution is 2.32. The number of morpholine rings is 1. The largest absolute Gasteiger partial charge is 0.378 e. The number of likely N-dealkylation sites (N-methyl/N-ethyl adjacent to an activating group) is 1. The minimum absolute atomic E-state index is 0.0116. The third-order valence-electron chi connectivity index (χ3n) is 4.68. The molecule has 2 saturated heterocycles. The number of ether oxygens (including phenoxy) is 1. The fourth-order valence-corrected chi connectivity index (χ4v) is 3.37. The van der Waals surface area contributed by atoms with Gasteiger partial charge in [0.25, 0.3) is 6.43 Å². The molecule has 0 aromatic heterocycles. The Bertz CT molecular complexity index is 521. The van der Waals surface area contributed by atoms with E-state index in [1.165, 1.54) is 18.2 Å². The van der Waals surface area contributed by atoms with Crippen molar-refractivity contribution in [2.75, 3.05) is 20.3 Å². The number of nitrogens with zero attached hydrogens (tertiary/aromatic N) is 1. The first kappa shape index (κ1) is 14.6. The number of rotatable bonds is 3. The van der Waals surface area contributed by atoms with Crippen LogP contribution in [0.15, 0.2) is 24.3 Å². The predicted octanol–water partition coefficient (Wildman–Crippen LogP) is 2.92. The molecule has 2 atom stereocenters. The monoisotopic (exact) mass is 295 g/mol. The van der Waals surface area contributed by atoms with E-state index in [1.54, 1.807) is 6.07 Å². The number of hydrogen-bond donors (Lipinski definition) is 0. The average molecular weight is 295 g/mol. The predicted molar refractivity (Wildman–Crippen MR) is 74.6 cm³/mol. The molecule has 0 radical (unpaired) electrons. The number of benzene rings is 1. The summed E-state index contributed by atoms with van der Waals surface area (Å²) in [7, 11) is 2.07. The van der Waals surface area contributed by atoms with Gasteiger partial charge in [0.2, 0.25) is 0 Å². The zero-order valence-corrected chi connectivity index (χ0v) is 12.0. The Labute approximate surface area is 122 Å². The lowest BCUT2D eigenvalue weighted by atomic mass is 9.81. The first-order chi connectivity index (χ1) is 10.1.